The van der Waals surface area contributed by atoms with Crippen LogP contribution in [0, 0.1) is 0 Å². The lowest BCUT2D eigenvalue weighted by molar-refractivity contribution is -0.256. The van der Waals surface area contributed by atoms with Crippen molar-refractivity contribution >= 4 is 0 Å². The van der Waals surface area contributed by atoms with E-state index in [2.05, 4.69) is 0 Å². The van der Waals surface area contributed by atoms with E-state index in [1.165, 1.54) is 0 Å². The average molecular weight is 221 g/mol. The molecule has 0 amide bonds. The molecule has 7 heteroatoms. The molecular weight excluding hydrogens is 202 g/mol. The molecule has 5 atom stereocenters. The number of aliphatic hydroxyl groups excluding tert-OH is 2. The van der Waals surface area contributed by atoms with Crippen molar-refractivity contribution in [3.05, 3.63) is 0 Å². The van der Waals surface area contributed by atoms with E-state index in [1.54, 1.807) is 0 Å². The summed E-state index contributed by atoms with van der Waals surface area (Å²) in [5.41, 5.74) is 16.3. The van der Waals surface area contributed by atoms with Crippen LogP contribution in [0.25, 0.3) is 0 Å². The van der Waals surface area contributed by atoms with Crippen molar-refractivity contribution < 1.29 is 19.7 Å². The predicted octanol–water partition coefficient (Wildman–Crippen LogP) is -3.31. The fourth-order valence-electron chi connectivity index (χ4n) is 1.48. The zero-order valence-corrected chi connectivity index (χ0v) is 8.45. The maximum Gasteiger partial charge on any atom is 0.175 e. The third-order valence-electron chi connectivity index (χ3n) is 2.38. The Kier molecular flexibility index (Phi) is 4.87. The first kappa shape index (κ1) is 12.8. The first-order chi connectivity index (χ1) is 7.11. The molecule has 8 N–H and O–H groups in total. The van der Waals surface area contributed by atoms with E-state index < -0.39 is 30.6 Å². The van der Waals surface area contributed by atoms with Gasteiger partial charge in [0.1, 0.15) is 18.3 Å². The van der Waals surface area contributed by atoms with Crippen LogP contribution in [-0.4, -0.2) is 60.6 Å². The van der Waals surface area contributed by atoms with Crippen LogP contribution in [0.15, 0.2) is 0 Å². The number of aliphatic hydroxyl groups is 2. The summed E-state index contributed by atoms with van der Waals surface area (Å²) in [6, 6.07) is -0.797. The van der Waals surface area contributed by atoms with E-state index in [0.29, 0.717) is 6.54 Å². The molecular formula is C8H19N3O4. The van der Waals surface area contributed by atoms with Crippen LogP contribution in [0.5, 0.6) is 0 Å². The Morgan fingerprint density at radius 1 is 1.20 bits per heavy atom. The lowest BCUT2D eigenvalue weighted by atomic mass is 9.97. The summed E-state index contributed by atoms with van der Waals surface area (Å²) in [6.45, 7) is 0.699. The van der Waals surface area contributed by atoms with Crippen molar-refractivity contribution in [1.82, 2.24) is 0 Å². The molecule has 5 unspecified atom stereocenters. The molecule has 1 aliphatic rings. The van der Waals surface area contributed by atoms with Crippen molar-refractivity contribution in [2.45, 2.75) is 30.6 Å². The van der Waals surface area contributed by atoms with Gasteiger partial charge in [0.15, 0.2) is 6.29 Å². The van der Waals surface area contributed by atoms with E-state index >= 15 is 0 Å². The van der Waals surface area contributed by atoms with Gasteiger partial charge < -0.3 is 36.9 Å². The van der Waals surface area contributed by atoms with E-state index in [9.17, 15) is 10.2 Å². The van der Waals surface area contributed by atoms with Gasteiger partial charge in [0.2, 0.25) is 0 Å². The molecule has 0 aromatic rings. The summed E-state index contributed by atoms with van der Waals surface area (Å²) in [4.78, 5) is 0. The maximum atomic E-state index is 9.60. The van der Waals surface area contributed by atoms with Crippen LogP contribution in [0.3, 0.4) is 0 Å². The molecule has 0 spiro atoms. The summed E-state index contributed by atoms with van der Waals surface area (Å²) < 4.78 is 10.5. The smallest absolute Gasteiger partial charge is 0.175 e. The summed E-state index contributed by atoms with van der Waals surface area (Å²) in [5.74, 6) is 0. The lowest BCUT2D eigenvalue weighted by Crippen LogP contribution is -2.63. The molecule has 1 fully saturated rings. The molecule has 0 saturated carbocycles. The zero-order chi connectivity index (χ0) is 11.4. The SMILES string of the molecule is NCCOC1OC(CN)C(O)C(O)C1N. The van der Waals surface area contributed by atoms with Crippen LogP contribution in [0.1, 0.15) is 0 Å². The summed E-state index contributed by atoms with van der Waals surface area (Å²) in [7, 11) is 0. The van der Waals surface area contributed by atoms with Gasteiger partial charge in [-0.25, -0.2) is 0 Å². The summed E-state index contributed by atoms with van der Waals surface area (Å²) in [5, 5.41) is 19.1. The highest BCUT2D eigenvalue weighted by atomic mass is 16.7. The fourth-order valence-corrected chi connectivity index (χ4v) is 1.48. The average Bonchev–Trinajstić information content (AvgIpc) is 2.25. The molecule has 0 aliphatic carbocycles. The Bertz CT molecular complexity index is 193. The standard InChI is InChI=1S/C8H19N3O4/c9-1-2-14-8-5(11)7(13)6(12)4(3-10)15-8/h4-8,12-13H,1-3,9-11H2. The second-order valence-electron chi connectivity index (χ2n) is 3.50. The van der Waals surface area contributed by atoms with Crippen molar-refractivity contribution in [3.8, 4) is 0 Å². The highest BCUT2D eigenvalue weighted by Gasteiger charge is 2.42. The third kappa shape index (κ3) is 2.85. The second kappa shape index (κ2) is 5.71. The molecule has 1 aliphatic heterocycles. The number of ether oxygens (including phenoxy) is 2. The van der Waals surface area contributed by atoms with Gasteiger partial charge in [-0.3, -0.25) is 0 Å². The van der Waals surface area contributed by atoms with Gasteiger partial charge in [0, 0.05) is 13.1 Å². The van der Waals surface area contributed by atoms with Gasteiger partial charge >= 0.3 is 0 Å². The molecule has 0 bridgehead atoms. The van der Waals surface area contributed by atoms with E-state index in [1.807, 2.05) is 0 Å². The van der Waals surface area contributed by atoms with Crippen LogP contribution in [0.2, 0.25) is 0 Å². The quantitative estimate of drug-likeness (QED) is 0.335. The van der Waals surface area contributed by atoms with Gasteiger partial charge in [-0.2, -0.15) is 0 Å². The summed E-state index contributed by atoms with van der Waals surface area (Å²) in [6.07, 6.45) is -3.62. The number of rotatable bonds is 4. The lowest BCUT2D eigenvalue weighted by Gasteiger charge is -2.40. The van der Waals surface area contributed by atoms with E-state index in [0.717, 1.165) is 0 Å². The molecule has 1 heterocycles. The number of hydrogen-bond donors (Lipinski definition) is 5. The summed E-state index contributed by atoms with van der Waals surface area (Å²) >= 11 is 0. The van der Waals surface area contributed by atoms with Crippen LogP contribution in [0.4, 0.5) is 0 Å². The van der Waals surface area contributed by atoms with Gasteiger partial charge in [-0.15, -0.1) is 0 Å². The first-order valence-electron chi connectivity index (χ1n) is 4.90. The van der Waals surface area contributed by atoms with Crippen LogP contribution < -0.4 is 17.2 Å². The van der Waals surface area contributed by atoms with E-state index in [-0.39, 0.29) is 13.2 Å². The molecule has 7 nitrogen and oxygen atoms in total. The highest BCUT2D eigenvalue weighted by molar-refractivity contribution is 4.91. The molecule has 15 heavy (non-hydrogen) atoms. The number of hydrogen-bond acceptors (Lipinski definition) is 7. The van der Waals surface area contributed by atoms with Gasteiger partial charge in [-0.05, 0) is 0 Å². The Morgan fingerprint density at radius 2 is 1.87 bits per heavy atom. The van der Waals surface area contributed by atoms with Crippen LogP contribution >= 0.6 is 0 Å². The largest absolute Gasteiger partial charge is 0.388 e. The Balaban J connectivity index is 2.57. The second-order valence-corrected chi connectivity index (χ2v) is 3.50. The van der Waals surface area contributed by atoms with Gasteiger partial charge in [0.05, 0.1) is 12.6 Å². The monoisotopic (exact) mass is 221 g/mol. The van der Waals surface area contributed by atoms with Crippen molar-refractivity contribution in [2.24, 2.45) is 17.2 Å². The Morgan fingerprint density at radius 3 is 2.40 bits per heavy atom. The van der Waals surface area contributed by atoms with Crippen LogP contribution in [-0.2, 0) is 9.47 Å². The van der Waals surface area contributed by atoms with Crippen molar-refractivity contribution in [3.63, 3.8) is 0 Å². The minimum atomic E-state index is -1.10. The molecule has 90 valence electrons. The molecule has 0 aromatic heterocycles. The van der Waals surface area contributed by atoms with Gasteiger partial charge in [0.25, 0.3) is 0 Å². The number of nitrogens with two attached hydrogens (primary N) is 3. The van der Waals surface area contributed by atoms with Crippen molar-refractivity contribution in [1.29, 1.82) is 0 Å². The highest BCUT2D eigenvalue weighted by Crippen LogP contribution is 2.19. The van der Waals surface area contributed by atoms with Crippen molar-refractivity contribution in [2.75, 3.05) is 19.7 Å². The Labute approximate surface area is 88.1 Å². The first-order valence-corrected chi connectivity index (χ1v) is 4.90. The normalized spacial score (nSPS) is 41.8. The van der Waals surface area contributed by atoms with E-state index in [4.69, 9.17) is 26.7 Å². The zero-order valence-electron chi connectivity index (χ0n) is 8.45. The fraction of sp³-hybridized carbons (Fsp3) is 1.00. The molecule has 1 rings (SSSR count). The topological polar surface area (TPSA) is 137 Å². The third-order valence-corrected chi connectivity index (χ3v) is 2.38. The maximum absolute atomic E-state index is 9.60. The Hall–Kier alpha value is -0.280. The molecule has 0 radical (unpaired) electrons. The van der Waals surface area contributed by atoms with Gasteiger partial charge in [-0.1, -0.05) is 0 Å². The minimum absolute atomic E-state index is 0.0907. The predicted molar refractivity (Wildman–Crippen MR) is 52.7 cm³/mol. The minimum Gasteiger partial charge on any atom is -0.388 e. The molecule has 1 saturated heterocycles. The molecule has 0 aromatic carbocycles.